The Morgan fingerprint density at radius 2 is 1.83 bits per heavy atom. The van der Waals surface area contributed by atoms with Crippen LogP contribution in [-0.2, 0) is 0 Å². The molecule has 0 unspecified atom stereocenters. The van der Waals surface area contributed by atoms with Crippen LogP contribution in [0.4, 0.5) is 0 Å². The quantitative estimate of drug-likeness (QED) is 0.463. The van der Waals surface area contributed by atoms with Gasteiger partial charge in [0, 0.05) is 0 Å². The molecule has 72 valence electrons. The van der Waals surface area contributed by atoms with Gasteiger partial charge in [-0.25, -0.2) is 0 Å². The Morgan fingerprint density at radius 1 is 1.17 bits per heavy atom. The van der Waals surface area contributed by atoms with Crippen molar-refractivity contribution >= 4 is 17.1 Å². The molecule has 0 spiro atoms. The molecule has 0 amide bonds. The Hall–Kier alpha value is 0.0500. The zero-order valence-electron chi connectivity index (χ0n) is 8.36. The van der Waals surface area contributed by atoms with Gasteiger partial charge in [-0.15, -0.1) is 0 Å². The van der Waals surface area contributed by atoms with Crippen LogP contribution in [-0.4, -0.2) is 18.0 Å². The van der Waals surface area contributed by atoms with Crippen LogP contribution in [0.25, 0.3) is 0 Å². The Morgan fingerprint density at radius 3 is 2.42 bits per heavy atom. The summed E-state index contributed by atoms with van der Waals surface area (Å²) in [6, 6.07) is 0. The summed E-state index contributed by atoms with van der Waals surface area (Å²) in [5.74, 6) is 0. The topological polar surface area (TPSA) is 12.0 Å². The SMILES string of the molecule is CCCCCNCCCC(C)=S. The van der Waals surface area contributed by atoms with Gasteiger partial charge in [-0.2, -0.15) is 0 Å². The Labute approximate surface area is 81.9 Å². The van der Waals surface area contributed by atoms with E-state index in [4.69, 9.17) is 12.2 Å². The van der Waals surface area contributed by atoms with E-state index in [9.17, 15) is 0 Å². The van der Waals surface area contributed by atoms with Gasteiger partial charge in [0.25, 0.3) is 0 Å². The van der Waals surface area contributed by atoms with Crippen LogP contribution >= 0.6 is 12.2 Å². The first kappa shape index (κ1) is 12.0. The molecule has 0 fully saturated rings. The summed E-state index contributed by atoms with van der Waals surface area (Å²) < 4.78 is 0. The highest BCUT2D eigenvalue weighted by molar-refractivity contribution is 7.80. The van der Waals surface area contributed by atoms with Crippen molar-refractivity contribution in [2.45, 2.75) is 46.0 Å². The second-order valence-corrected chi connectivity index (χ2v) is 3.96. The number of nitrogens with one attached hydrogen (secondary N) is 1. The number of thiocarbonyl (C=S) groups is 1. The van der Waals surface area contributed by atoms with Gasteiger partial charge < -0.3 is 5.32 Å². The van der Waals surface area contributed by atoms with E-state index in [-0.39, 0.29) is 0 Å². The van der Waals surface area contributed by atoms with Crippen molar-refractivity contribution in [1.29, 1.82) is 0 Å². The van der Waals surface area contributed by atoms with Gasteiger partial charge >= 0.3 is 0 Å². The van der Waals surface area contributed by atoms with Gasteiger partial charge in [0.15, 0.2) is 0 Å². The third-order valence-electron chi connectivity index (χ3n) is 1.84. The molecule has 0 aromatic rings. The first-order chi connectivity index (χ1) is 5.77. The maximum Gasteiger partial charge on any atom is -0.00456 e. The number of rotatable bonds is 8. The van der Waals surface area contributed by atoms with E-state index >= 15 is 0 Å². The Balaban J connectivity index is 2.86. The summed E-state index contributed by atoms with van der Waals surface area (Å²) in [5, 5.41) is 3.42. The molecule has 0 heterocycles. The largest absolute Gasteiger partial charge is 0.317 e. The second-order valence-electron chi connectivity index (χ2n) is 3.26. The summed E-state index contributed by atoms with van der Waals surface area (Å²) in [5.41, 5.74) is 0. The molecule has 0 aliphatic heterocycles. The van der Waals surface area contributed by atoms with E-state index in [1.165, 1.54) is 32.2 Å². The molecule has 2 heteroatoms. The average molecular weight is 187 g/mol. The summed E-state index contributed by atoms with van der Waals surface area (Å²) in [6.07, 6.45) is 6.25. The molecule has 0 aromatic carbocycles. The van der Waals surface area contributed by atoms with Crippen molar-refractivity contribution in [3.05, 3.63) is 0 Å². The van der Waals surface area contributed by atoms with Gasteiger partial charge in [-0.05, 0) is 44.1 Å². The fraction of sp³-hybridized carbons (Fsp3) is 0.900. The van der Waals surface area contributed by atoms with Crippen LogP contribution < -0.4 is 5.32 Å². The molecule has 0 aliphatic carbocycles. The van der Waals surface area contributed by atoms with E-state index in [2.05, 4.69) is 12.2 Å². The molecule has 0 rings (SSSR count). The van der Waals surface area contributed by atoms with Crippen LogP contribution in [0.15, 0.2) is 0 Å². The Kier molecular flexibility index (Phi) is 9.18. The maximum absolute atomic E-state index is 4.99. The summed E-state index contributed by atoms with van der Waals surface area (Å²) >= 11 is 4.99. The zero-order valence-corrected chi connectivity index (χ0v) is 9.17. The predicted molar refractivity (Wildman–Crippen MR) is 59.9 cm³/mol. The lowest BCUT2D eigenvalue weighted by atomic mass is 10.2. The summed E-state index contributed by atoms with van der Waals surface area (Å²) in [7, 11) is 0. The van der Waals surface area contributed by atoms with E-state index < -0.39 is 0 Å². The predicted octanol–water partition coefficient (Wildman–Crippen LogP) is 2.94. The van der Waals surface area contributed by atoms with Gasteiger partial charge in [0.05, 0.1) is 0 Å². The number of hydrogen-bond acceptors (Lipinski definition) is 2. The number of unbranched alkanes of at least 4 members (excludes halogenated alkanes) is 2. The highest BCUT2D eigenvalue weighted by Gasteiger charge is 1.89. The van der Waals surface area contributed by atoms with Crippen molar-refractivity contribution in [1.82, 2.24) is 5.32 Å². The van der Waals surface area contributed by atoms with Gasteiger partial charge in [-0.1, -0.05) is 32.0 Å². The second kappa shape index (κ2) is 9.14. The first-order valence-electron chi connectivity index (χ1n) is 4.97. The standard InChI is InChI=1S/C10H21NS/c1-3-4-5-8-11-9-6-7-10(2)12/h11H,3-9H2,1-2H3. The highest BCUT2D eigenvalue weighted by atomic mass is 32.1. The van der Waals surface area contributed by atoms with Crippen molar-refractivity contribution in [2.75, 3.05) is 13.1 Å². The lowest BCUT2D eigenvalue weighted by Crippen LogP contribution is -2.16. The third kappa shape index (κ3) is 10.0. The minimum atomic E-state index is 1.09. The normalized spacial score (nSPS) is 10.2. The van der Waals surface area contributed by atoms with Crippen molar-refractivity contribution in [2.24, 2.45) is 0 Å². The molecule has 0 atom stereocenters. The minimum Gasteiger partial charge on any atom is -0.317 e. The van der Waals surface area contributed by atoms with E-state index in [0.29, 0.717) is 0 Å². The first-order valence-corrected chi connectivity index (χ1v) is 5.38. The van der Waals surface area contributed by atoms with E-state index in [1.54, 1.807) is 0 Å². The zero-order chi connectivity index (χ0) is 9.23. The van der Waals surface area contributed by atoms with Crippen LogP contribution in [0.3, 0.4) is 0 Å². The van der Waals surface area contributed by atoms with Crippen LogP contribution in [0.1, 0.15) is 46.0 Å². The molecule has 0 aliphatic rings. The molecule has 12 heavy (non-hydrogen) atoms. The fourth-order valence-corrected chi connectivity index (χ4v) is 1.23. The van der Waals surface area contributed by atoms with E-state index in [1.807, 2.05) is 6.92 Å². The smallest absolute Gasteiger partial charge is 0.00456 e. The van der Waals surface area contributed by atoms with E-state index in [0.717, 1.165) is 17.8 Å². The monoisotopic (exact) mass is 187 g/mol. The van der Waals surface area contributed by atoms with Crippen molar-refractivity contribution in [3.63, 3.8) is 0 Å². The van der Waals surface area contributed by atoms with Gasteiger partial charge in [-0.3, -0.25) is 0 Å². The van der Waals surface area contributed by atoms with Crippen molar-refractivity contribution in [3.8, 4) is 0 Å². The molecule has 1 nitrogen and oxygen atoms in total. The molecule has 0 radical (unpaired) electrons. The Bertz CT molecular complexity index is 112. The molecule has 0 saturated carbocycles. The third-order valence-corrected chi connectivity index (χ3v) is 2.04. The summed E-state index contributed by atoms with van der Waals surface area (Å²) in [6.45, 7) is 6.55. The van der Waals surface area contributed by atoms with Crippen LogP contribution in [0, 0.1) is 0 Å². The average Bonchev–Trinajstić information content (AvgIpc) is 2.02. The highest BCUT2D eigenvalue weighted by Crippen LogP contribution is 1.93. The molecule has 0 aromatic heterocycles. The molecule has 0 saturated heterocycles. The minimum absolute atomic E-state index is 1.09. The van der Waals surface area contributed by atoms with Gasteiger partial charge in [0.2, 0.25) is 0 Å². The van der Waals surface area contributed by atoms with Crippen LogP contribution in [0.5, 0.6) is 0 Å². The molecular weight excluding hydrogens is 166 g/mol. The maximum atomic E-state index is 4.99. The van der Waals surface area contributed by atoms with Crippen molar-refractivity contribution < 1.29 is 0 Å². The number of hydrogen-bond donors (Lipinski definition) is 1. The molecule has 1 N–H and O–H groups in total. The van der Waals surface area contributed by atoms with Gasteiger partial charge in [0.1, 0.15) is 0 Å². The lowest BCUT2D eigenvalue weighted by molar-refractivity contribution is 0.605. The lowest BCUT2D eigenvalue weighted by Gasteiger charge is -2.02. The fourth-order valence-electron chi connectivity index (χ4n) is 1.09. The summed E-state index contributed by atoms with van der Waals surface area (Å²) in [4.78, 5) is 1.13. The molecular formula is C10H21NS. The molecule has 0 bridgehead atoms. The van der Waals surface area contributed by atoms with Crippen LogP contribution in [0.2, 0.25) is 0 Å².